The smallest absolute Gasteiger partial charge is 0.172 e. The molecule has 0 spiro atoms. The predicted molar refractivity (Wildman–Crippen MR) is 219 cm³/mol. The average molecular weight is 698 g/mol. The summed E-state index contributed by atoms with van der Waals surface area (Å²) in [6.45, 7) is 0. The number of benzene rings is 7. The molecule has 4 nitrogen and oxygen atoms in total. The Morgan fingerprint density at radius 1 is 0.434 bits per heavy atom. The third-order valence-electron chi connectivity index (χ3n) is 10.2. The second-order valence-corrected chi connectivity index (χ2v) is 16.0. The second kappa shape index (κ2) is 12.6. The maximum atomic E-state index is 16.5. The van der Waals surface area contributed by atoms with E-state index in [2.05, 4.69) is 114 Å². The van der Waals surface area contributed by atoms with Crippen molar-refractivity contribution in [1.82, 2.24) is 9.97 Å². The van der Waals surface area contributed by atoms with Crippen molar-refractivity contribution >= 4 is 45.8 Å². The summed E-state index contributed by atoms with van der Waals surface area (Å²) < 4.78 is 16.5. The summed E-state index contributed by atoms with van der Waals surface area (Å²) in [6, 6.07) is 66.2. The molecule has 0 N–H and O–H groups in total. The second-order valence-electron chi connectivity index (χ2n) is 13.3. The summed E-state index contributed by atoms with van der Waals surface area (Å²) in [5.41, 5.74) is 10.7. The van der Waals surface area contributed by atoms with Gasteiger partial charge in [-0.1, -0.05) is 170 Å². The molecule has 0 radical (unpaired) electrons. The number of nitrogens with zero attached hydrogens (tertiary/aromatic N) is 3. The fourth-order valence-electron chi connectivity index (χ4n) is 7.87. The van der Waals surface area contributed by atoms with Gasteiger partial charge < -0.3 is 4.57 Å². The number of para-hydroxylation sites is 2. The monoisotopic (exact) mass is 697 g/mol. The third kappa shape index (κ3) is 5.03. The lowest BCUT2D eigenvalue weighted by Crippen LogP contribution is -2.18. The Balaban J connectivity index is 1.26. The highest BCUT2D eigenvalue weighted by molar-refractivity contribution is 7.88. The molecule has 53 heavy (non-hydrogen) atoms. The van der Waals surface area contributed by atoms with Gasteiger partial charge in [0.25, 0.3) is 0 Å². The van der Waals surface area contributed by atoms with Crippen LogP contribution in [-0.2, 0) is 4.57 Å². The molecule has 0 amide bonds. The van der Waals surface area contributed by atoms with Gasteiger partial charge >= 0.3 is 0 Å². The van der Waals surface area contributed by atoms with E-state index >= 15 is 4.57 Å². The van der Waals surface area contributed by atoms with Gasteiger partial charge in [0.1, 0.15) is 5.82 Å². The first kappa shape index (κ1) is 31.2. The van der Waals surface area contributed by atoms with Crippen LogP contribution in [0.1, 0.15) is 16.7 Å². The number of rotatable bonds is 5. The fourth-order valence-corrected chi connectivity index (χ4v) is 11.2. The van der Waals surface area contributed by atoms with Crippen LogP contribution in [0.3, 0.4) is 0 Å². The van der Waals surface area contributed by atoms with E-state index in [0.717, 1.165) is 83.3 Å². The molecular formula is C48H32N3OP. The van der Waals surface area contributed by atoms with E-state index < -0.39 is 7.14 Å². The van der Waals surface area contributed by atoms with Crippen LogP contribution in [0.5, 0.6) is 0 Å². The van der Waals surface area contributed by atoms with E-state index in [-0.39, 0.29) is 0 Å². The number of fused-ring (bicyclic) bond motifs is 6. The first-order chi connectivity index (χ1) is 26.2. The highest BCUT2D eigenvalue weighted by atomic mass is 31.2. The van der Waals surface area contributed by atoms with Crippen molar-refractivity contribution in [2.24, 2.45) is 0 Å². The number of hydrogen-bond acceptors (Lipinski definition) is 4. The molecule has 1 atom stereocenters. The van der Waals surface area contributed by atoms with Gasteiger partial charge in [0, 0.05) is 49.8 Å². The molecule has 0 fully saturated rings. The predicted octanol–water partition coefficient (Wildman–Crippen LogP) is 11.5. The van der Waals surface area contributed by atoms with Gasteiger partial charge in [0.2, 0.25) is 0 Å². The van der Waals surface area contributed by atoms with Crippen molar-refractivity contribution in [3.63, 3.8) is 0 Å². The topological polar surface area (TPSA) is 46.1 Å². The van der Waals surface area contributed by atoms with Gasteiger partial charge in [-0.25, -0.2) is 9.97 Å². The largest absolute Gasteiger partial charge is 0.309 e. The Morgan fingerprint density at radius 3 is 1.70 bits per heavy atom. The van der Waals surface area contributed by atoms with Gasteiger partial charge in [-0.2, -0.15) is 0 Å². The van der Waals surface area contributed by atoms with Crippen molar-refractivity contribution < 1.29 is 4.57 Å². The van der Waals surface area contributed by atoms with E-state index in [1.165, 1.54) is 0 Å². The van der Waals surface area contributed by atoms with Crippen molar-refractivity contribution in [2.45, 2.75) is 0 Å². The van der Waals surface area contributed by atoms with Crippen LogP contribution in [0.2, 0.25) is 0 Å². The maximum absolute atomic E-state index is 16.5. The zero-order chi connectivity index (χ0) is 35.4. The van der Waals surface area contributed by atoms with Crippen molar-refractivity contribution in [1.29, 1.82) is 0 Å². The highest BCUT2D eigenvalue weighted by Crippen LogP contribution is 2.68. The molecule has 250 valence electrons. The summed E-state index contributed by atoms with van der Waals surface area (Å²) in [5.74, 6) is 1.36. The molecule has 1 aromatic heterocycles. The van der Waals surface area contributed by atoms with Crippen LogP contribution in [0.4, 0.5) is 17.2 Å². The van der Waals surface area contributed by atoms with Gasteiger partial charge in [-0.3, -0.25) is 4.90 Å². The molecule has 2 aliphatic heterocycles. The van der Waals surface area contributed by atoms with Crippen molar-refractivity contribution in [3.8, 4) is 33.8 Å². The summed E-state index contributed by atoms with van der Waals surface area (Å²) in [7, 11) is -3.42. The lowest BCUT2D eigenvalue weighted by molar-refractivity contribution is 0.593. The molecular weight excluding hydrogens is 666 g/mol. The molecule has 2 aliphatic rings. The van der Waals surface area contributed by atoms with E-state index in [0.29, 0.717) is 5.82 Å². The standard InChI is InChI=1S/C48H32N3OP/c52-53(37-24-16-23-36(31-37)33-17-4-1-5-18-33)44-30-15-12-27-40(44)46-38-25-10-13-28-42(38)51(43-29-14-11-26-39(43)47(46)53)45-32-41(34-19-6-2-7-20-34)49-48(50-45)35-21-8-3-9-22-35/h1-32H. The van der Waals surface area contributed by atoms with Gasteiger partial charge in [0.05, 0.1) is 17.1 Å². The van der Waals surface area contributed by atoms with Crippen LogP contribution in [-0.4, -0.2) is 9.97 Å². The molecule has 1 unspecified atom stereocenters. The quantitative estimate of drug-likeness (QED) is 0.168. The third-order valence-corrected chi connectivity index (χ3v) is 13.4. The first-order valence-corrected chi connectivity index (χ1v) is 19.5. The average Bonchev–Trinajstić information content (AvgIpc) is 3.42. The summed E-state index contributed by atoms with van der Waals surface area (Å²) in [4.78, 5) is 12.6. The molecule has 0 saturated carbocycles. The molecule has 5 heteroatoms. The van der Waals surface area contributed by atoms with Crippen molar-refractivity contribution in [2.75, 3.05) is 4.90 Å². The van der Waals surface area contributed by atoms with Crippen LogP contribution in [0, 0.1) is 0 Å². The lowest BCUT2D eigenvalue weighted by Gasteiger charge is -2.28. The van der Waals surface area contributed by atoms with Crippen LogP contribution < -0.4 is 15.5 Å². The molecule has 0 saturated heterocycles. The number of hydrogen-bond donors (Lipinski definition) is 0. The summed E-state index contributed by atoms with van der Waals surface area (Å²) in [5, 5.41) is 2.54. The number of anilines is 3. The molecule has 0 bridgehead atoms. The number of aromatic nitrogens is 2. The van der Waals surface area contributed by atoms with E-state index in [9.17, 15) is 0 Å². The lowest BCUT2D eigenvalue weighted by atomic mass is 9.95. The molecule has 3 heterocycles. The summed E-state index contributed by atoms with van der Waals surface area (Å²) in [6.07, 6.45) is 0. The van der Waals surface area contributed by atoms with E-state index in [1.807, 2.05) is 84.9 Å². The Kier molecular flexibility index (Phi) is 7.38. The highest BCUT2D eigenvalue weighted by Gasteiger charge is 2.46. The van der Waals surface area contributed by atoms with Gasteiger partial charge in [-0.05, 0) is 34.9 Å². The van der Waals surface area contributed by atoms with Crippen LogP contribution in [0.15, 0.2) is 194 Å². The normalized spacial score (nSPS) is 15.6. The maximum Gasteiger partial charge on any atom is 0.172 e. The molecule has 8 aromatic rings. The van der Waals surface area contributed by atoms with Crippen molar-refractivity contribution in [3.05, 3.63) is 211 Å². The zero-order valence-corrected chi connectivity index (χ0v) is 29.6. The fraction of sp³-hybridized carbons (Fsp3) is 0. The Labute approximate surface area is 308 Å². The SMILES string of the molecule is O=P1(c2cccc(-c3ccccc3)c2)C2=C(c3ccccc3N(c3cc(-c4ccccc4)nc(-c4ccccc4)n3)c3ccccc32)c2ccccc21. The molecule has 10 rings (SSSR count). The minimum atomic E-state index is -3.42. The van der Waals surface area contributed by atoms with E-state index in [4.69, 9.17) is 9.97 Å². The van der Waals surface area contributed by atoms with E-state index in [1.54, 1.807) is 0 Å². The molecule has 0 aliphatic carbocycles. The Hall–Kier alpha value is -6.61. The molecule has 7 aromatic carbocycles. The van der Waals surface area contributed by atoms with Crippen LogP contribution >= 0.6 is 7.14 Å². The zero-order valence-electron chi connectivity index (χ0n) is 28.7. The minimum absolute atomic E-state index is 0.635. The Morgan fingerprint density at radius 2 is 0.981 bits per heavy atom. The van der Waals surface area contributed by atoms with Gasteiger partial charge in [-0.15, -0.1) is 0 Å². The van der Waals surface area contributed by atoms with Crippen LogP contribution in [0.25, 0.3) is 44.7 Å². The van der Waals surface area contributed by atoms with Gasteiger partial charge in [0.15, 0.2) is 13.0 Å². The summed E-state index contributed by atoms with van der Waals surface area (Å²) >= 11 is 0. The Bertz CT molecular complexity index is 2700. The first-order valence-electron chi connectivity index (χ1n) is 17.8. The minimum Gasteiger partial charge on any atom is -0.309 e.